The number of hydrogen-bond donors (Lipinski definition) is 2. The smallest absolute Gasteiger partial charge is 0.294 e. The Hall–Kier alpha value is -2.25. The van der Waals surface area contributed by atoms with Gasteiger partial charge in [-0.25, -0.2) is 4.98 Å². The van der Waals surface area contributed by atoms with Crippen molar-refractivity contribution in [2.24, 2.45) is 0 Å². The van der Waals surface area contributed by atoms with E-state index in [0.29, 0.717) is 5.82 Å². The molecule has 0 radical (unpaired) electrons. The molecule has 1 aromatic rings. The first kappa shape index (κ1) is 12.2. The lowest BCUT2D eigenvalue weighted by molar-refractivity contribution is -0.143. The maximum Gasteiger partial charge on any atom is 0.294 e. The van der Waals surface area contributed by atoms with Crippen molar-refractivity contribution in [1.82, 2.24) is 25.4 Å². The number of amides is 3. The molecule has 8 nitrogen and oxygen atoms in total. The van der Waals surface area contributed by atoms with E-state index in [-0.39, 0.29) is 12.4 Å². The summed E-state index contributed by atoms with van der Waals surface area (Å²) >= 11 is 0. The largest absolute Gasteiger partial charge is 0.312 e. The van der Waals surface area contributed by atoms with E-state index in [4.69, 9.17) is 0 Å². The molecule has 2 heterocycles. The number of H-pyrrole nitrogens is 1. The van der Waals surface area contributed by atoms with Gasteiger partial charge in [0.05, 0.1) is 0 Å². The highest BCUT2D eigenvalue weighted by Crippen LogP contribution is 2.19. The Bertz CT molecular complexity index is 533. The number of aryl methyl sites for hydroxylation is 1. The van der Waals surface area contributed by atoms with Crippen LogP contribution in [0, 0.1) is 6.92 Å². The molecular formula is C10H13N5O3. The lowest BCUT2D eigenvalue weighted by Crippen LogP contribution is -2.65. The standard InChI is InChI=1S/C10H13N5O3/c1-5-11-7(14-13-5)8(17)15-4-6(16)12-9(18)10(15,2)3/h4H2,1-3H3,(H,11,13,14)(H,12,16,18). The van der Waals surface area contributed by atoms with Gasteiger partial charge in [0, 0.05) is 0 Å². The van der Waals surface area contributed by atoms with Gasteiger partial charge in [-0.3, -0.25) is 24.8 Å². The molecule has 18 heavy (non-hydrogen) atoms. The van der Waals surface area contributed by atoms with Gasteiger partial charge >= 0.3 is 0 Å². The van der Waals surface area contributed by atoms with Crippen molar-refractivity contribution in [3.05, 3.63) is 11.6 Å². The molecule has 0 aromatic carbocycles. The highest BCUT2D eigenvalue weighted by Gasteiger charge is 2.44. The van der Waals surface area contributed by atoms with Crippen molar-refractivity contribution >= 4 is 17.7 Å². The number of piperazine rings is 1. The van der Waals surface area contributed by atoms with Gasteiger partial charge in [0.25, 0.3) is 11.8 Å². The van der Waals surface area contributed by atoms with Gasteiger partial charge < -0.3 is 4.90 Å². The number of carbonyl (C=O) groups excluding carboxylic acids is 3. The molecule has 0 bridgehead atoms. The van der Waals surface area contributed by atoms with Crippen LogP contribution in [0.15, 0.2) is 0 Å². The maximum absolute atomic E-state index is 12.2. The summed E-state index contributed by atoms with van der Waals surface area (Å²) in [5.41, 5.74) is -1.11. The number of carbonyl (C=O) groups is 3. The van der Waals surface area contributed by atoms with E-state index in [1.807, 2.05) is 0 Å². The number of aromatic amines is 1. The van der Waals surface area contributed by atoms with Crippen molar-refractivity contribution in [3.63, 3.8) is 0 Å². The van der Waals surface area contributed by atoms with E-state index in [9.17, 15) is 14.4 Å². The lowest BCUT2D eigenvalue weighted by atomic mass is 9.98. The van der Waals surface area contributed by atoms with Crippen LogP contribution in [0.3, 0.4) is 0 Å². The van der Waals surface area contributed by atoms with Crippen LogP contribution in [0.25, 0.3) is 0 Å². The molecule has 1 fully saturated rings. The summed E-state index contributed by atoms with van der Waals surface area (Å²) in [5, 5.41) is 8.47. The molecule has 1 aliphatic rings. The second-order valence-corrected chi connectivity index (χ2v) is 4.57. The summed E-state index contributed by atoms with van der Waals surface area (Å²) in [6.07, 6.45) is 0. The van der Waals surface area contributed by atoms with E-state index >= 15 is 0 Å². The quantitative estimate of drug-likeness (QED) is 0.622. The van der Waals surface area contributed by atoms with Crippen LogP contribution in [0.4, 0.5) is 0 Å². The fraction of sp³-hybridized carbons (Fsp3) is 0.500. The van der Waals surface area contributed by atoms with Gasteiger partial charge in [0.1, 0.15) is 17.9 Å². The van der Waals surface area contributed by atoms with Crippen molar-refractivity contribution < 1.29 is 14.4 Å². The third-order valence-electron chi connectivity index (χ3n) is 2.82. The fourth-order valence-corrected chi connectivity index (χ4v) is 1.67. The molecule has 0 spiro atoms. The van der Waals surface area contributed by atoms with E-state index in [0.717, 1.165) is 4.90 Å². The van der Waals surface area contributed by atoms with E-state index in [1.54, 1.807) is 20.8 Å². The molecule has 0 atom stereocenters. The fourth-order valence-electron chi connectivity index (χ4n) is 1.67. The number of rotatable bonds is 1. The predicted molar refractivity (Wildman–Crippen MR) is 59.4 cm³/mol. The molecule has 2 rings (SSSR count). The summed E-state index contributed by atoms with van der Waals surface area (Å²) in [6.45, 7) is 4.59. The van der Waals surface area contributed by atoms with Crippen molar-refractivity contribution in [3.8, 4) is 0 Å². The minimum atomic E-state index is -1.11. The number of imide groups is 1. The second-order valence-electron chi connectivity index (χ2n) is 4.57. The Morgan fingerprint density at radius 3 is 2.61 bits per heavy atom. The molecule has 2 N–H and O–H groups in total. The van der Waals surface area contributed by atoms with Crippen LogP contribution >= 0.6 is 0 Å². The van der Waals surface area contributed by atoms with Gasteiger partial charge in [0.2, 0.25) is 11.7 Å². The van der Waals surface area contributed by atoms with E-state index in [1.165, 1.54) is 0 Å². The van der Waals surface area contributed by atoms with Crippen molar-refractivity contribution in [2.75, 3.05) is 6.54 Å². The lowest BCUT2D eigenvalue weighted by Gasteiger charge is -2.39. The van der Waals surface area contributed by atoms with E-state index < -0.39 is 23.3 Å². The van der Waals surface area contributed by atoms with Gasteiger partial charge in [-0.05, 0) is 20.8 Å². The third kappa shape index (κ3) is 1.85. The number of hydrogen-bond acceptors (Lipinski definition) is 5. The maximum atomic E-state index is 12.2. The monoisotopic (exact) mass is 251 g/mol. The minimum Gasteiger partial charge on any atom is -0.312 e. The molecular weight excluding hydrogens is 238 g/mol. The van der Waals surface area contributed by atoms with Crippen molar-refractivity contribution in [1.29, 1.82) is 0 Å². The molecule has 0 aliphatic carbocycles. The summed E-state index contributed by atoms with van der Waals surface area (Å²) in [4.78, 5) is 40.3. The first-order chi connectivity index (χ1) is 8.32. The zero-order chi connectivity index (χ0) is 13.5. The Morgan fingerprint density at radius 2 is 2.06 bits per heavy atom. The second kappa shape index (κ2) is 3.90. The third-order valence-corrected chi connectivity index (χ3v) is 2.82. The number of aromatic nitrogens is 3. The Labute approximate surface area is 103 Å². The molecule has 3 amide bonds. The summed E-state index contributed by atoms with van der Waals surface area (Å²) < 4.78 is 0. The summed E-state index contributed by atoms with van der Waals surface area (Å²) in [7, 11) is 0. The predicted octanol–water partition coefficient (Wildman–Crippen LogP) is -1.01. The van der Waals surface area contributed by atoms with Gasteiger partial charge in [-0.2, -0.15) is 0 Å². The first-order valence-corrected chi connectivity index (χ1v) is 5.37. The van der Waals surface area contributed by atoms with Gasteiger partial charge in [-0.15, -0.1) is 5.10 Å². The number of nitrogens with zero attached hydrogens (tertiary/aromatic N) is 3. The molecule has 0 saturated carbocycles. The van der Waals surface area contributed by atoms with Gasteiger partial charge in [0.15, 0.2) is 0 Å². The molecule has 1 saturated heterocycles. The van der Waals surface area contributed by atoms with Crippen LogP contribution in [0.1, 0.15) is 30.3 Å². The molecule has 1 aliphatic heterocycles. The zero-order valence-corrected chi connectivity index (χ0v) is 10.3. The molecule has 1 aromatic heterocycles. The topological polar surface area (TPSA) is 108 Å². The Balaban J connectivity index is 2.33. The number of nitrogens with one attached hydrogen (secondary N) is 2. The molecule has 8 heteroatoms. The zero-order valence-electron chi connectivity index (χ0n) is 10.3. The highest BCUT2D eigenvalue weighted by molar-refractivity contribution is 6.08. The van der Waals surface area contributed by atoms with E-state index in [2.05, 4.69) is 20.5 Å². The van der Waals surface area contributed by atoms with Crippen molar-refractivity contribution in [2.45, 2.75) is 26.3 Å². The average Bonchev–Trinajstić information content (AvgIpc) is 2.70. The average molecular weight is 251 g/mol. The van der Waals surface area contributed by atoms with Crippen LogP contribution in [-0.4, -0.2) is 49.9 Å². The van der Waals surface area contributed by atoms with Crippen LogP contribution in [-0.2, 0) is 9.59 Å². The Morgan fingerprint density at radius 1 is 1.39 bits per heavy atom. The molecule has 96 valence electrons. The van der Waals surface area contributed by atoms with Crippen LogP contribution in [0.5, 0.6) is 0 Å². The summed E-state index contributed by atoms with van der Waals surface area (Å²) in [6, 6.07) is 0. The molecule has 0 unspecified atom stereocenters. The Kier molecular flexibility index (Phi) is 2.64. The minimum absolute atomic E-state index is 0.0527. The normalized spacial score (nSPS) is 18.7. The van der Waals surface area contributed by atoms with Crippen LogP contribution in [0.2, 0.25) is 0 Å². The highest BCUT2D eigenvalue weighted by atomic mass is 16.2. The first-order valence-electron chi connectivity index (χ1n) is 5.37. The SMILES string of the molecule is Cc1nc(C(=O)N2CC(=O)NC(=O)C2(C)C)n[nH]1. The summed E-state index contributed by atoms with van der Waals surface area (Å²) in [5.74, 6) is -1.14. The van der Waals surface area contributed by atoms with Crippen LogP contribution < -0.4 is 5.32 Å². The van der Waals surface area contributed by atoms with Gasteiger partial charge in [-0.1, -0.05) is 0 Å².